The van der Waals surface area contributed by atoms with Gasteiger partial charge < -0.3 is 15.2 Å². The molecular weight excluding hydrogens is 308 g/mol. The molecule has 0 amide bonds. The largest absolute Gasteiger partial charge is 0.390 e. The lowest BCUT2D eigenvalue weighted by atomic mass is 10.2. The van der Waals surface area contributed by atoms with Gasteiger partial charge in [-0.3, -0.25) is 4.90 Å². The van der Waals surface area contributed by atoms with E-state index in [0.717, 1.165) is 36.5 Å². The van der Waals surface area contributed by atoms with Gasteiger partial charge in [-0.1, -0.05) is 6.07 Å². The molecule has 1 fully saturated rings. The number of nitrogens with one attached hydrogen (secondary N) is 1. The van der Waals surface area contributed by atoms with Crippen LogP contribution in [-0.2, 0) is 4.74 Å². The van der Waals surface area contributed by atoms with Gasteiger partial charge in [0.1, 0.15) is 0 Å². The van der Waals surface area contributed by atoms with Crippen LogP contribution >= 0.6 is 15.9 Å². The Morgan fingerprint density at radius 3 is 2.84 bits per heavy atom. The Hall–Kier alpha value is -0.620. The first-order valence-electron chi connectivity index (χ1n) is 6.63. The quantitative estimate of drug-likeness (QED) is 0.866. The van der Waals surface area contributed by atoms with Gasteiger partial charge in [0, 0.05) is 36.3 Å². The second kappa shape index (κ2) is 7.24. The van der Waals surface area contributed by atoms with E-state index in [0.29, 0.717) is 13.1 Å². The van der Waals surface area contributed by atoms with Crippen LogP contribution in [0.4, 0.5) is 5.69 Å². The summed E-state index contributed by atoms with van der Waals surface area (Å²) in [4.78, 5) is 2.24. The summed E-state index contributed by atoms with van der Waals surface area (Å²) in [6, 6.07) is 6.15. The lowest BCUT2D eigenvalue weighted by Gasteiger charge is -2.28. The molecule has 2 N–H and O–H groups in total. The predicted octanol–water partition coefficient (Wildman–Crippen LogP) is 1.86. The van der Waals surface area contributed by atoms with Crippen LogP contribution in [0.15, 0.2) is 22.7 Å². The smallest absolute Gasteiger partial charge is 0.0839 e. The minimum Gasteiger partial charge on any atom is -0.390 e. The molecule has 0 saturated carbocycles. The molecule has 0 spiro atoms. The molecule has 106 valence electrons. The van der Waals surface area contributed by atoms with Gasteiger partial charge in [0.05, 0.1) is 19.3 Å². The molecule has 1 unspecified atom stereocenters. The number of hydrogen-bond donors (Lipinski definition) is 2. The fourth-order valence-electron chi connectivity index (χ4n) is 2.14. The van der Waals surface area contributed by atoms with Crippen LogP contribution in [0.3, 0.4) is 0 Å². The van der Waals surface area contributed by atoms with Crippen molar-refractivity contribution in [1.82, 2.24) is 4.90 Å². The maximum atomic E-state index is 10.0. The van der Waals surface area contributed by atoms with Crippen LogP contribution < -0.4 is 5.32 Å². The van der Waals surface area contributed by atoms with E-state index < -0.39 is 0 Å². The standard InChI is InChI=1S/C14H21BrN2O2/c1-11-2-3-14(13(15)8-11)16-9-12(18)10-17-4-6-19-7-5-17/h2-3,8,12,16,18H,4-7,9-10H2,1H3. The van der Waals surface area contributed by atoms with Gasteiger partial charge in [0.15, 0.2) is 0 Å². The van der Waals surface area contributed by atoms with E-state index in [9.17, 15) is 5.11 Å². The van der Waals surface area contributed by atoms with Crippen molar-refractivity contribution >= 4 is 21.6 Å². The fraction of sp³-hybridized carbons (Fsp3) is 0.571. The molecule has 5 heteroatoms. The third-order valence-corrected chi connectivity index (χ3v) is 3.88. The second-order valence-electron chi connectivity index (χ2n) is 4.93. The molecule has 1 heterocycles. The lowest BCUT2D eigenvalue weighted by Crippen LogP contribution is -2.42. The lowest BCUT2D eigenvalue weighted by molar-refractivity contribution is 0.0171. The number of aryl methyl sites for hydroxylation is 1. The third-order valence-electron chi connectivity index (χ3n) is 3.23. The molecule has 2 rings (SSSR count). The first-order valence-corrected chi connectivity index (χ1v) is 7.42. The van der Waals surface area contributed by atoms with E-state index in [1.54, 1.807) is 0 Å². The molecule has 1 atom stereocenters. The van der Waals surface area contributed by atoms with Crippen LogP contribution in [0, 0.1) is 6.92 Å². The van der Waals surface area contributed by atoms with Crippen LogP contribution in [0.2, 0.25) is 0 Å². The molecule has 1 aromatic carbocycles. The van der Waals surface area contributed by atoms with Gasteiger partial charge in [-0.15, -0.1) is 0 Å². The van der Waals surface area contributed by atoms with E-state index in [2.05, 4.69) is 45.2 Å². The molecule has 4 nitrogen and oxygen atoms in total. The molecule has 1 aromatic rings. The molecule has 0 aromatic heterocycles. The van der Waals surface area contributed by atoms with Gasteiger partial charge >= 0.3 is 0 Å². The predicted molar refractivity (Wildman–Crippen MR) is 80.6 cm³/mol. The van der Waals surface area contributed by atoms with Crippen LogP contribution in [-0.4, -0.2) is 55.5 Å². The highest BCUT2D eigenvalue weighted by atomic mass is 79.9. The Balaban J connectivity index is 1.77. The summed E-state index contributed by atoms with van der Waals surface area (Å²) < 4.78 is 6.33. The van der Waals surface area contributed by atoms with Gasteiger partial charge in [-0.05, 0) is 40.5 Å². The molecular formula is C14H21BrN2O2. The van der Waals surface area contributed by atoms with Crippen LogP contribution in [0.5, 0.6) is 0 Å². The summed E-state index contributed by atoms with van der Waals surface area (Å²) in [5.74, 6) is 0. The second-order valence-corrected chi connectivity index (χ2v) is 5.79. The first-order chi connectivity index (χ1) is 9.15. The molecule has 0 aliphatic carbocycles. The number of nitrogens with zero attached hydrogens (tertiary/aromatic N) is 1. The number of aliphatic hydroxyl groups excluding tert-OH is 1. The highest BCUT2D eigenvalue weighted by molar-refractivity contribution is 9.10. The summed E-state index contributed by atoms with van der Waals surface area (Å²) in [7, 11) is 0. The topological polar surface area (TPSA) is 44.7 Å². The molecule has 0 bridgehead atoms. The average molecular weight is 329 g/mol. The number of halogens is 1. The van der Waals surface area contributed by atoms with Crippen molar-refractivity contribution in [2.45, 2.75) is 13.0 Å². The monoisotopic (exact) mass is 328 g/mol. The molecule has 1 saturated heterocycles. The van der Waals surface area contributed by atoms with Crippen molar-refractivity contribution < 1.29 is 9.84 Å². The Labute approximate surface area is 122 Å². The van der Waals surface area contributed by atoms with Crippen molar-refractivity contribution in [2.24, 2.45) is 0 Å². The zero-order chi connectivity index (χ0) is 13.7. The number of benzene rings is 1. The number of aliphatic hydroxyl groups is 1. The summed E-state index contributed by atoms with van der Waals surface area (Å²) in [6.07, 6.45) is -0.369. The maximum absolute atomic E-state index is 10.0. The van der Waals surface area contributed by atoms with Crippen molar-refractivity contribution in [3.8, 4) is 0 Å². The van der Waals surface area contributed by atoms with Gasteiger partial charge in [-0.2, -0.15) is 0 Å². The summed E-state index contributed by atoms with van der Waals surface area (Å²) in [5.41, 5.74) is 2.23. The molecule has 19 heavy (non-hydrogen) atoms. The fourth-order valence-corrected chi connectivity index (χ4v) is 2.77. The Morgan fingerprint density at radius 2 is 2.16 bits per heavy atom. The molecule has 1 aliphatic rings. The van der Waals surface area contributed by atoms with E-state index in [1.807, 2.05) is 6.07 Å². The minimum atomic E-state index is -0.369. The molecule has 0 radical (unpaired) electrons. The zero-order valence-corrected chi connectivity index (χ0v) is 12.8. The maximum Gasteiger partial charge on any atom is 0.0839 e. The van der Waals surface area contributed by atoms with Gasteiger partial charge in [-0.25, -0.2) is 0 Å². The SMILES string of the molecule is Cc1ccc(NCC(O)CN2CCOCC2)c(Br)c1. The average Bonchev–Trinajstić information content (AvgIpc) is 2.39. The Morgan fingerprint density at radius 1 is 1.42 bits per heavy atom. The van der Waals surface area contributed by atoms with Gasteiger partial charge in [0.25, 0.3) is 0 Å². The van der Waals surface area contributed by atoms with Crippen molar-refractivity contribution in [3.63, 3.8) is 0 Å². The van der Waals surface area contributed by atoms with Crippen molar-refractivity contribution in [1.29, 1.82) is 0 Å². The zero-order valence-electron chi connectivity index (χ0n) is 11.2. The van der Waals surface area contributed by atoms with Crippen LogP contribution in [0.1, 0.15) is 5.56 Å². The van der Waals surface area contributed by atoms with E-state index in [4.69, 9.17) is 4.74 Å². The highest BCUT2D eigenvalue weighted by Gasteiger charge is 2.14. The van der Waals surface area contributed by atoms with E-state index in [-0.39, 0.29) is 6.10 Å². The summed E-state index contributed by atoms with van der Waals surface area (Å²) in [5, 5.41) is 13.3. The highest BCUT2D eigenvalue weighted by Crippen LogP contribution is 2.23. The first kappa shape index (κ1) is 14.8. The molecule has 1 aliphatic heterocycles. The van der Waals surface area contributed by atoms with Crippen molar-refractivity contribution in [3.05, 3.63) is 28.2 Å². The number of rotatable bonds is 5. The summed E-state index contributed by atoms with van der Waals surface area (Å²) >= 11 is 3.52. The summed E-state index contributed by atoms with van der Waals surface area (Å²) in [6.45, 7) is 6.66. The number of morpholine rings is 1. The van der Waals surface area contributed by atoms with Gasteiger partial charge in [0.2, 0.25) is 0 Å². The number of hydrogen-bond acceptors (Lipinski definition) is 4. The van der Waals surface area contributed by atoms with Crippen LogP contribution in [0.25, 0.3) is 0 Å². The number of anilines is 1. The minimum absolute atomic E-state index is 0.369. The normalized spacial score (nSPS) is 18.3. The van der Waals surface area contributed by atoms with Crippen molar-refractivity contribution in [2.75, 3.05) is 44.7 Å². The number of ether oxygens (including phenoxy) is 1. The Bertz CT molecular complexity index is 408. The Kier molecular flexibility index (Phi) is 5.63. The third kappa shape index (κ3) is 4.76. The number of β-amino-alcohol motifs (C(OH)–C–C–N with tert-alkyl or cyclic N) is 1. The van der Waals surface area contributed by atoms with E-state index in [1.165, 1.54) is 5.56 Å². The van der Waals surface area contributed by atoms with E-state index >= 15 is 0 Å².